The predicted molar refractivity (Wildman–Crippen MR) is 81.7 cm³/mol. The van der Waals surface area contributed by atoms with Crippen molar-refractivity contribution in [3.8, 4) is 0 Å². The van der Waals surface area contributed by atoms with Gasteiger partial charge in [-0.05, 0) is 36.0 Å². The molecule has 0 saturated carbocycles. The molecule has 1 unspecified atom stereocenters. The number of thiophene rings is 1. The van der Waals surface area contributed by atoms with Crippen molar-refractivity contribution in [1.29, 1.82) is 0 Å². The molecule has 1 aromatic heterocycles. The fourth-order valence-corrected chi connectivity index (χ4v) is 3.20. The third-order valence-corrected chi connectivity index (χ3v) is 4.54. The Hall–Kier alpha value is -1.65. The first-order valence-corrected chi connectivity index (χ1v) is 7.79. The number of carbonyl (C=O) groups excluding carboxylic acids is 1. The molecule has 3 nitrogen and oxygen atoms in total. The highest BCUT2D eigenvalue weighted by Gasteiger charge is 2.23. The van der Waals surface area contributed by atoms with E-state index in [0.29, 0.717) is 12.3 Å². The standard InChI is InChI=1S/C16H18N2OS/c19-15(9-12-10-17-11-12)18-16(14-7-4-8-20-14)13-5-2-1-3-6-13/h1-8,12,16-17H,9-11H2,(H,18,19). The molecule has 2 heterocycles. The summed E-state index contributed by atoms with van der Waals surface area (Å²) < 4.78 is 0. The van der Waals surface area contributed by atoms with Gasteiger partial charge in [0.15, 0.2) is 0 Å². The van der Waals surface area contributed by atoms with Gasteiger partial charge in [0.2, 0.25) is 5.91 Å². The van der Waals surface area contributed by atoms with Crippen molar-refractivity contribution < 1.29 is 4.79 Å². The van der Waals surface area contributed by atoms with E-state index in [9.17, 15) is 4.79 Å². The summed E-state index contributed by atoms with van der Waals surface area (Å²) in [6.07, 6.45) is 0.613. The third kappa shape index (κ3) is 3.08. The van der Waals surface area contributed by atoms with Gasteiger partial charge in [-0.3, -0.25) is 4.79 Å². The van der Waals surface area contributed by atoms with Crippen LogP contribution in [0, 0.1) is 5.92 Å². The van der Waals surface area contributed by atoms with Gasteiger partial charge in [0, 0.05) is 11.3 Å². The number of benzene rings is 1. The van der Waals surface area contributed by atoms with Crippen LogP contribution < -0.4 is 10.6 Å². The Labute approximate surface area is 123 Å². The summed E-state index contributed by atoms with van der Waals surface area (Å²) in [6.45, 7) is 1.92. The number of rotatable bonds is 5. The van der Waals surface area contributed by atoms with Crippen LogP contribution in [-0.2, 0) is 4.79 Å². The van der Waals surface area contributed by atoms with Gasteiger partial charge in [0.1, 0.15) is 0 Å². The highest BCUT2D eigenvalue weighted by Crippen LogP contribution is 2.26. The van der Waals surface area contributed by atoms with Crippen molar-refractivity contribution in [2.75, 3.05) is 13.1 Å². The Kier molecular flexibility index (Phi) is 4.14. The topological polar surface area (TPSA) is 41.1 Å². The van der Waals surface area contributed by atoms with E-state index in [1.807, 2.05) is 29.6 Å². The Morgan fingerprint density at radius 3 is 2.65 bits per heavy atom. The van der Waals surface area contributed by atoms with Crippen molar-refractivity contribution in [2.24, 2.45) is 5.92 Å². The summed E-state index contributed by atoms with van der Waals surface area (Å²) >= 11 is 1.68. The molecule has 0 bridgehead atoms. The van der Waals surface area contributed by atoms with Gasteiger partial charge < -0.3 is 10.6 Å². The summed E-state index contributed by atoms with van der Waals surface area (Å²) in [5.41, 5.74) is 1.13. The minimum absolute atomic E-state index is 0.0308. The maximum absolute atomic E-state index is 12.2. The van der Waals surface area contributed by atoms with Crippen molar-refractivity contribution >= 4 is 17.2 Å². The van der Waals surface area contributed by atoms with Crippen LogP contribution in [0.3, 0.4) is 0 Å². The first-order chi connectivity index (χ1) is 9.83. The monoisotopic (exact) mass is 286 g/mol. The van der Waals surface area contributed by atoms with Crippen LogP contribution in [0.4, 0.5) is 0 Å². The fourth-order valence-electron chi connectivity index (χ4n) is 2.39. The minimum atomic E-state index is -0.0308. The Balaban J connectivity index is 1.74. The molecule has 1 aliphatic heterocycles. The smallest absolute Gasteiger partial charge is 0.221 e. The summed E-state index contributed by atoms with van der Waals surface area (Å²) in [5.74, 6) is 0.633. The van der Waals surface area contributed by atoms with Gasteiger partial charge in [-0.25, -0.2) is 0 Å². The zero-order chi connectivity index (χ0) is 13.8. The van der Waals surface area contributed by atoms with Crippen LogP contribution in [0.2, 0.25) is 0 Å². The number of amides is 1. The van der Waals surface area contributed by atoms with Crippen LogP contribution >= 0.6 is 11.3 Å². The first-order valence-electron chi connectivity index (χ1n) is 6.91. The molecule has 1 atom stereocenters. The molecule has 1 fully saturated rings. The number of hydrogen-bond donors (Lipinski definition) is 2. The third-order valence-electron chi connectivity index (χ3n) is 3.61. The largest absolute Gasteiger partial charge is 0.344 e. The molecule has 1 aromatic carbocycles. The molecular formula is C16H18N2OS. The zero-order valence-electron chi connectivity index (χ0n) is 11.2. The van der Waals surface area contributed by atoms with E-state index in [2.05, 4.69) is 28.8 Å². The van der Waals surface area contributed by atoms with Crippen LogP contribution in [0.1, 0.15) is 22.9 Å². The van der Waals surface area contributed by atoms with Gasteiger partial charge >= 0.3 is 0 Å². The number of nitrogens with one attached hydrogen (secondary N) is 2. The normalized spacial score (nSPS) is 16.4. The van der Waals surface area contributed by atoms with E-state index >= 15 is 0 Å². The van der Waals surface area contributed by atoms with E-state index in [4.69, 9.17) is 0 Å². The molecule has 1 aliphatic rings. The van der Waals surface area contributed by atoms with E-state index < -0.39 is 0 Å². The predicted octanol–water partition coefficient (Wildman–Crippen LogP) is 2.56. The average molecular weight is 286 g/mol. The van der Waals surface area contributed by atoms with Gasteiger partial charge in [-0.2, -0.15) is 0 Å². The fraction of sp³-hybridized carbons (Fsp3) is 0.312. The second kappa shape index (κ2) is 6.20. The lowest BCUT2D eigenvalue weighted by Gasteiger charge is -2.27. The Morgan fingerprint density at radius 2 is 2.05 bits per heavy atom. The highest BCUT2D eigenvalue weighted by molar-refractivity contribution is 7.10. The summed E-state index contributed by atoms with van der Waals surface area (Å²) in [6, 6.07) is 14.2. The maximum Gasteiger partial charge on any atom is 0.221 e. The van der Waals surface area contributed by atoms with Crippen LogP contribution in [0.5, 0.6) is 0 Å². The lowest BCUT2D eigenvalue weighted by molar-refractivity contribution is -0.122. The zero-order valence-corrected chi connectivity index (χ0v) is 12.0. The van der Waals surface area contributed by atoms with E-state index in [-0.39, 0.29) is 11.9 Å². The summed E-state index contributed by atoms with van der Waals surface area (Å²) in [4.78, 5) is 13.4. The molecule has 2 N–H and O–H groups in total. The lowest BCUT2D eigenvalue weighted by Crippen LogP contribution is -2.44. The van der Waals surface area contributed by atoms with Gasteiger partial charge in [-0.15, -0.1) is 11.3 Å². The molecule has 0 spiro atoms. The minimum Gasteiger partial charge on any atom is -0.344 e. The molecule has 104 valence electrons. The second-order valence-corrected chi connectivity index (χ2v) is 6.13. The molecule has 1 saturated heterocycles. The SMILES string of the molecule is O=C(CC1CNC1)NC(c1ccccc1)c1cccs1. The van der Waals surface area contributed by atoms with E-state index in [0.717, 1.165) is 18.7 Å². The summed E-state index contributed by atoms with van der Waals surface area (Å²) in [5, 5.41) is 8.43. The Morgan fingerprint density at radius 1 is 1.25 bits per heavy atom. The molecular weight excluding hydrogens is 268 g/mol. The highest BCUT2D eigenvalue weighted by atomic mass is 32.1. The number of hydrogen-bond acceptors (Lipinski definition) is 3. The Bertz CT molecular complexity index is 549. The average Bonchev–Trinajstić information content (AvgIpc) is 2.95. The molecule has 0 aliphatic carbocycles. The van der Waals surface area contributed by atoms with Crippen molar-refractivity contribution in [3.05, 3.63) is 58.3 Å². The van der Waals surface area contributed by atoms with Crippen molar-refractivity contribution in [1.82, 2.24) is 10.6 Å². The molecule has 3 rings (SSSR count). The van der Waals surface area contributed by atoms with Gasteiger partial charge in [-0.1, -0.05) is 36.4 Å². The molecule has 20 heavy (non-hydrogen) atoms. The van der Waals surface area contributed by atoms with Crippen molar-refractivity contribution in [2.45, 2.75) is 12.5 Å². The van der Waals surface area contributed by atoms with Crippen LogP contribution in [-0.4, -0.2) is 19.0 Å². The molecule has 1 amide bonds. The molecule has 0 radical (unpaired) electrons. The van der Waals surface area contributed by atoms with Crippen LogP contribution in [0.25, 0.3) is 0 Å². The maximum atomic E-state index is 12.2. The quantitative estimate of drug-likeness (QED) is 0.887. The van der Waals surface area contributed by atoms with E-state index in [1.54, 1.807) is 11.3 Å². The summed E-state index contributed by atoms with van der Waals surface area (Å²) in [7, 11) is 0. The van der Waals surface area contributed by atoms with Crippen LogP contribution in [0.15, 0.2) is 47.8 Å². The molecule has 2 aromatic rings. The van der Waals surface area contributed by atoms with Gasteiger partial charge in [0.25, 0.3) is 0 Å². The van der Waals surface area contributed by atoms with Crippen molar-refractivity contribution in [3.63, 3.8) is 0 Å². The van der Waals surface area contributed by atoms with E-state index in [1.165, 1.54) is 4.88 Å². The molecule has 4 heteroatoms. The first kappa shape index (κ1) is 13.3. The lowest BCUT2D eigenvalue weighted by atomic mass is 9.98. The van der Waals surface area contributed by atoms with Gasteiger partial charge in [0.05, 0.1) is 6.04 Å². The second-order valence-electron chi connectivity index (χ2n) is 5.16. The number of carbonyl (C=O) groups is 1.